The molecule has 0 unspecified atom stereocenters. The lowest BCUT2D eigenvalue weighted by atomic mass is 10.1. The summed E-state index contributed by atoms with van der Waals surface area (Å²) in [6, 6.07) is 8.15. The van der Waals surface area contributed by atoms with Crippen molar-refractivity contribution in [3.05, 3.63) is 59.6 Å². The van der Waals surface area contributed by atoms with Gasteiger partial charge in [0.1, 0.15) is 17.7 Å². The van der Waals surface area contributed by atoms with Crippen molar-refractivity contribution >= 4 is 16.7 Å². The van der Waals surface area contributed by atoms with Crippen molar-refractivity contribution in [2.75, 3.05) is 0 Å². The summed E-state index contributed by atoms with van der Waals surface area (Å²) in [6.07, 6.45) is 9.29. The maximum atomic E-state index is 12.6. The SMILES string of the molecule is Cn1cnc2ccc(-c3c(-c4ccn(C5CC5)n4)nc4occn34)cc2c1=O. The second-order valence-electron chi connectivity index (χ2n) is 7.17. The Morgan fingerprint density at radius 1 is 1.18 bits per heavy atom. The number of hydrogen-bond acceptors (Lipinski definition) is 5. The molecule has 0 amide bonds. The van der Waals surface area contributed by atoms with E-state index < -0.39 is 0 Å². The molecule has 1 saturated carbocycles. The Hall–Kier alpha value is -3.68. The Morgan fingerprint density at radius 2 is 2.07 bits per heavy atom. The van der Waals surface area contributed by atoms with E-state index in [1.807, 2.05) is 45.7 Å². The van der Waals surface area contributed by atoms with Crippen LogP contribution in [0.15, 0.2) is 58.5 Å². The summed E-state index contributed by atoms with van der Waals surface area (Å²) in [5, 5.41) is 5.28. The Kier molecular flexibility index (Phi) is 2.98. The number of fused-ring (bicyclic) bond motifs is 2. The normalized spacial score (nSPS) is 14.3. The highest BCUT2D eigenvalue weighted by molar-refractivity contribution is 5.87. The standard InChI is InChI=1S/C20H16N6O2/c1-24-11-21-15-5-2-12(10-14(15)19(24)27)18-17(22-20-25(18)8-9-28-20)16-6-7-26(23-16)13-3-4-13/h2,5-11,13H,3-4H2,1H3. The fraction of sp³-hybridized carbons (Fsp3) is 0.200. The predicted molar refractivity (Wildman–Crippen MR) is 103 cm³/mol. The van der Waals surface area contributed by atoms with E-state index in [-0.39, 0.29) is 5.56 Å². The Labute approximate surface area is 158 Å². The first kappa shape index (κ1) is 15.4. The number of hydrogen-bond donors (Lipinski definition) is 0. The van der Waals surface area contributed by atoms with E-state index in [9.17, 15) is 4.79 Å². The molecular weight excluding hydrogens is 356 g/mol. The van der Waals surface area contributed by atoms with Gasteiger partial charge in [-0.3, -0.25) is 13.9 Å². The van der Waals surface area contributed by atoms with Gasteiger partial charge in [-0.1, -0.05) is 6.07 Å². The number of imidazole rings is 1. The highest BCUT2D eigenvalue weighted by Crippen LogP contribution is 2.37. The van der Waals surface area contributed by atoms with E-state index in [4.69, 9.17) is 9.52 Å². The topological polar surface area (TPSA) is 83.2 Å². The third-order valence-corrected chi connectivity index (χ3v) is 5.22. The molecule has 4 aromatic heterocycles. The molecule has 28 heavy (non-hydrogen) atoms. The van der Waals surface area contributed by atoms with Crippen molar-refractivity contribution in [1.29, 1.82) is 0 Å². The van der Waals surface area contributed by atoms with E-state index in [1.54, 1.807) is 13.3 Å². The van der Waals surface area contributed by atoms with Gasteiger partial charge in [0.05, 0.1) is 29.0 Å². The summed E-state index contributed by atoms with van der Waals surface area (Å²) in [5.74, 6) is 0.491. The summed E-state index contributed by atoms with van der Waals surface area (Å²) in [6.45, 7) is 0. The molecule has 1 aliphatic rings. The third-order valence-electron chi connectivity index (χ3n) is 5.22. The molecule has 1 fully saturated rings. The van der Waals surface area contributed by atoms with Crippen molar-refractivity contribution in [3.8, 4) is 22.6 Å². The second kappa shape index (κ2) is 5.41. The first-order valence-corrected chi connectivity index (χ1v) is 9.16. The molecule has 8 heteroatoms. The van der Waals surface area contributed by atoms with Gasteiger partial charge in [0, 0.05) is 25.0 Å². The van der Waals surface area contributed by atoms with Gasteiger partial charge in [-0.05, 0) is 31.0 Å². The summed E-state index contributed by atoms with van der Waals surface area (Å²) in [7, 11) is 1.70. The molecule has 0 N–H and O–H groups in total. The minimum atomic E-state index is -0.0839. The lowest BCUT2D eigenvalue weighted by molar-refractivity contribution is 0.596. The van der Waals surface area contributed by atoms with Gasteiger partial charge in [0.15, 0.2) is 0 Å². The fourth-order valence-corrected chi connectivity index (χ4v) is 3.61. The number of benzene rings is 1. The first-order chi connectivity index (χ1) is 13.7. The minimum Gasteiger partial charge on any atom is -0.432 e. The zero-order valence-electron chi connectivity index (χ0n) is 15.1. The molecule has 0 saturated heterocycles. The van der Waals surface area contributed by atoms with Gasteiger partial charge < -0.3 is 8.98 Å². The van der Waals surface area contributed by atoms with Crippen molar-refractivity contribution in [2.24, 2.45) is 7.05 Å². The van der Waals surface area contributed by atoms with Gasteiger partial charge >= 0.3 is 5.84 Å². The lowest BCUT2D eigenvalue weighted by Crippen LogP contribution is -2.16. The number of nitrogens with zero attached hydrogens (tertiary/aromatic N) is 6. The molecular formula is C20H16N6O2. The molecule has 0 atom stereocenters. The number of oxazole rings is 1. The Balaban J connectivity index is 1.61. The van der Waals surface area contributed by atoms with Crippen LogP contribution in [0.25, 0.3) is 39.4 Å². The molecule has 5 aromatic rings. The number of aryl methyl sites for hydroxylation is 1. The molecule has 1 aromatic carbocycles. The van der Waals surface area contributed by atoms with Gasteiger partial charge in [0.25, 0.3) is 5.56 Å². The highest BCUT2D eigenvalue weighted by atomic mass is 16.3. The first-order valence-electron chi connectivity index (χ1n) is 9.16. The molecule has 0 aliphatic heterocycles. The Bertz CT molecular complexity index is 1420. The highest BCUT2D eigenvalue weighted by Gasteiger charge is 2.26. The van der Waals surface area contributed by atoms with Crippen molar-refractivity contribution in [3.63, 3.8) is 0 Å². The molecule has 6 rings (SSSR count). The van der Waals surface area contributed by atoms with Crippen LogP contribution in [-0.4, -0.2) is 28.7 Å². The molecule has 0 bridgehead atoms. The average Bonchev–Trinajstić information content (AvgIpc) is 3.12. The molecule has 4 heterocycles. The second-order valence-corrected chi connectivity index (χ2v) is 7.17. The largest absolute Gasteiger partial charge is 0.432 e. The summed E-state index contributed by atoms with van der Waals surface area (Å²) < 4.78 is 10.9. The Morgan fingerprint density at radius 3 is 2.93 bits per heavy atom. The van der Waals surface area contributed by atoms with Crippen LogP contribution in [0.1, 0.15) is 18.9 Å². The van der Waals surface area contributed by atoms with Crippen LogP contribution in [0.3, 0.4) is 0 Å². The summed E-state index contributed by atoms with van der Waals surface area (Å²) in [4.78, 5) is 21.6. The van der Waals surface area contributed by atoms with Crippen LogP contribution in [-0.2, 0) is 7.05 Å². The third kappa shape index (κ3) is 2.17. The molecule has 0 spiro atoms. The van der Waals surface area contributed by atoms with E-state index in [2.05, 4.69) is 9.97 Å². The van der Waals surface area contributed by atoms with Gasteiger partial charge in [0.2, 0.25) is 0 Å². The number of aromatic nitrogens is 6. The molecule has 0 radical (unpaired) electrons. The van der Waals surface area contributed by atoms with Crippen LogP contribution < -0.4 is 5.56 Å². The lowest BCUT2D eigenvalue weighted by Gasteiger charge is -2.06. The zero-order valence-corrected chi connectivity index (χ0v) is 15.1. The molecule has 1 aliphatic carbocycles. The van der Waals surface area contributed by atoms with Crippen LogP contribution in [0.5, 0.6) is 0 Å². The maximum absolute atomic E-state index is 12.6. The van der Waals surface area contributed by atoms with E-state index in [1.165, 1.54) is 23.7 Å². The zero-order chi connectivity index (χ0) is 18.8. The fourth-order valence-electron chi connectivity index (χ4n) is 3.61. The van der Waals surface area contributed by atoms with Gasteiger partial charge in [-0.25, -0.2) is 4.98 Å². The molecule has 138 valence electrons. The van der Waals surface area contributed by atoms with Crippen molar-refractivity contribution < 1.29 is 4.42 Å². The smallest absolute Gasteiger partial charge is 0.306 e. The molecule has 8 nitrogen and oxygen atoms in total. The minimum absolute atomic E-state index is 0.0839. The van der Waals surface area contributed by atoms with Crippen molar-refractivity contribution in [2.45, 2.75) is 18.9 Å². The van der Waals surface area contributed by atoms with Crippen LogP contribution in [0.4, 0.5) is 0 Å². The van der Waals surface area contributed by atoms with Crippen molar-refractivity contribution in [1.82, 2.24) is 28.7 Å². The van der Waals surface area contributed by atoms with E-state index in [0.717, 1.165) is 22.6 Å². The predicted octanol–water partition coefficient (Wildman–Crippen LogP) is 3.04. The van der Waals surface area contributed by atoms with E-state index in [0.29, 0.717) is 22.8 Å². The van der Waals surface area contributed by atoms with E-state index >= 15 is 0 Å². The van der Waals surface area contributed by atoms with Crippen LogP contribution >= 0.6 is 0 Å². The average molecular weight is 372 g/mol. The van der Waals surface area contributed by atoms with Crippen LogP contribution in [0.2, 0.25) is 0 Å². The monoisotopic (exact) mass is 372 g/mol. The number of rotatable bonds is 3. The van der Waals surface area contributed by atoms with Gasteiger partial charge in [-0.2, -0.15) is 10.1 Å². The van der Waals surface area contributed by atoms with Crippen LogP contribution in [0, 0.1) is 0 Å². The summed E-state index contributed by atoms with van der Waals surface area (Å²) in [5.41, 5.74) is 3.82. The van der Waals surface area contributed by atoms with Gasteiger partial charge in [-0.15, -0.1) is 0 Å². The summed E-state index contributed by atoms with van der Waals surface area (Å²) >= 11 is 0. The maximum Gasteiger partial charge on any atom is 0.306 e. The quantitative estimate of drug-likeness (QED) is 0.486.